The predicted molar refractivity (Wildman–Crippen MR) is 47.1 cm³/mol. The molecule has 4 heteroatoms. The number of nitrogens with zero attached hydrogens (tertiary/aromatic N) is 2. The number of methoxy groups -OCH3 is 1. The van der Waals surface area contributed by atoms with Gasteiger partial charge >= 0.3 is 0 Å². The van der Waals surface area contributed by atoms with E-state index >= 15 is 0 Å². The van der Waals surface area contributed by atoms with Crippen molar-refractivity contribution in [2.75, 3.05) is 7.11 Å². The molecule has 0 aliphatic rings. The zero-order valence-corrected chi connectivity index (χ0v) is 7.74. The second kappa shape index (κ2) is 3.58. The van der Waals surface area contributed by atoms with Crippen LogP contribution in [0, 0.1) is 0 Å². The molecule has 2 N–H and O–H groups in total. The van der Waals surface area contributed by atoms with Crippen molar-refractivity contribution in [3.8, 4) is 5.88 Å². The number of aromatic nitrogens is 2. The summed E-state index contributed by atoms with van der Waals surface area (Å²) in [6.45, 7) is 4.56. The molecule has 12 heavy (non-hydrogen) atoms. The van der Waals surface area contributed by atoms with Crippen molar-refractivity contribution in [1.82, 2.24) is 9.78 Å². The van der Waals surface area contributed by atoms with Crippen LogP contribution in [0.2, 0.25) is 0 Å². The molecular weight excluding hydrogens is 154 g/mol. The largest absolute Gasteiger partial charge is 0.481 e. The molecule has 0 spiro atoms. The van der Waals surface area contributed by atoms with Crippen LogP contribution in [-0.2, 0) is 6.54 Å². The van der Waals surface area contributed by atoms with Crippen LogP contribution in [0.4, 0.5) is 0 Å². The van der Waals surface area contributed by atoms with E-state index in [0.29, 0.717) is 12.6 Å². The van der Waals surface area contributed by atoms with Crippen LogP contribution in [0.5, 0.6) is 5.88 Å². The highest BCUT2D eigenvalue weighted by molar-refractivity contribution is 5.16. The Bertz CT molecular complexity index is 255. The van der Waals surface area contributed by atoms with Gasteiger partial charge in [-0.05, 0) is 13.8 Å². The van der Waals surface area contributed by atoms with E-state index in [4.69, 9.17) is 10.5 Å². The molecule has 0 aliphatic carbocycles. The molecular formula is C8H15N3O. The van der Waals surface area contributed by atoms with E-state index < -0.39 is 0 Å². The average molecular weight is 169 g/mol. The lowest BCUT2D eigenvalue weighted by Crippen LogP contribution is -2.06. The lowest BCUT2D eigenvalue weighted by Gasteiger charge is -2.08. The fraction of sp³-hybridized carbons (Fsp3) is 0.625. The van der Waals surface area contributed by atoms with Crippen LogP contribution < -0.4 is 10.5 Å². The minimum Gasteiger partial charge on any atom is -0.481 e. The summed E-state index contributed by atoms with van der Waals surface area (Å²) in [5.41, 5.74) is 6.32. The first-order valence-electron chi connectivity index (χ1n) is 4.01. The minimum atomic E-state index is 0.306. The van der Waals surface area contributed by atoms with Crippen molar-refractivity contribution in [2.45, 2.75) is 26.4 Å². The smallest absolute Gasteiger partial charge is 0.211 e. The van der Waals surface area contributed by atoms with E-state index in [-0.39, 0.29) is 0 Å². The molecule has 4 nitrogen and oxygen atoms in total. The normalized spacial score (nSPS) is 10.8. The van der Waals surface area contributed by atoms with Crippen LogP contribution in [0.3, 0.4) is 0 Å². The van der Waals surface area contributed by atoms with Gasteiger partial charge in [0.1, 0.15) is 0 Å². The van der Waals surface area contributed by atoms with Crippen LogP contribution in [-0.4, -0.2) is 16.9 Å². The molecule has 0 bridgehead atoms. The van der Waals surface area contributed by atoms with E-state index in [9.17, 15) is 0 Å². The van der Waals surface area contributed by atoms with E-state index in [1.54, 1.807) is 7.11 Å². The summed E-state index contributed by atoms with van der Waals surface area (Å²) in [4.78, 5) is 0. The number of nitrogens with two attached hydrogens (primary N) is 1. The molecule has 0 amide bonds. The maximum Gasteiger partial charge on any atom is 0.211 e. The standard InChI is InChI=1S/C8H15N3O/c1-6(2)11-8(12-3)4-7(5-9)10-11/h4,6H,5,9H2,1-3H3. The second-order valence-electron chi connectivity index (χ2n) is 2.92. The fourth-order valence-corrected chi connectivity index (χ4v) is 1.05. The first kappa shape index (κ1) is 9.06. The topological polar surface area (TPSA) is 53.1 Å². The van der Waals surface area contributed by atoms with Crippen LogP contribution in [0.15, 0.2) is 6.07 Å². The van der Waals surface area contributed by atoms with Gasteiger partial charge in [0.15, 0.2) is 0 Å². The van der Waals surface area contributed by atoms with Crippen molar-refractivity contribution in [3.63, 3.8) is 0 Å². The molecule has 0 fully saturated rings. The molecule has 0 aromatic carbocycles. The minimum absolute atomic E-state index is 0.306. The summed E-state index contributed by atoms with van der Waals surface area (Å²) >= 11 is 0. The molecule has 0 saturated carbocycles. The van der Waals surface area contributed by atoms with Gasteiger partial charge in [-0.15, -0.1) is 0 Å². The molecule has 1 aromatic heterocycles. The Morgan fingerprint density at radius 2 is 2.33 bits per heavy atom. The summed E-state index contributed by atoms with van der Waals surface area (Å²) in [7, 11) is 1.64. The number of hydrogen-bond donors (Lipinski definition) is 1. The molecule has 0 atom stereocenters. The third kappa shape index (κ3) is 1.58. The first-order valence-corrected chi connectivity index (χ1v) is 4.01. The van der Waals surface area contributed by atoms with Gasteiger partial charge in [-0.2, -0.15) is 5.10 Å². The third-order valence-corrected chi connectivity index (χ3v) is 1.66. The SMILES string of the molecule is COc1cc(CN)nn1C(C)C. The third-order valence-electron chi connectivity index (χ3n) is 1.66. The van der Waals surface area contributed by atoms with Gasteiger partial charge < -0.3 is 10.5 Å². The van der Waals surface area contributed by atoms with Crippen molar-refractivity contribution in [1.29, 1.82) is 0 Å². The van der Waals surface area contributed by atoms with Crippen molar-refractivity contribution in [2.24, 2.45) is 5.73 Å². The Balaban J connectivity index is 3.00. The zero-order chi connectivity index (χ0) is 9.14. The van der Waals surface area contributed by atoms with Gasteiger partial charge in [0, 0.05) is 12.6 Å². The Morgan fingerprint density at radius 3 is 2.67 bits per heavy atom. The van der Waals surface area contributed by atoms with Crippen LogP contribution in [0.25, 0.3) is 0 Å². The summed E-state index contributed by atoms with van der Waals surface area (Å²) in [5.74, 6) is 0.769. The summed E-state index contributed by atoms with van der Waals surface area (Å²) in [6, 6.07) is 2.17. The molecule has 0 saturated heterocycles. The zero-order valence-electron chi connectivity index (χ0n) is 7.74. The molecule has 0 radical (unpaired) electrons. The monoisotopic (exact) mass is 169 g/mol. The van der Waals surface area contributed by atoms with Crippen molar-refractivity contribution >= 4 is 0 Å². The van der Waals surface area contributed by atoms with Gasteiger partial charge in [0.25, 0.3) is 0 Å². The van der Waals surface area contributed by atoms with Gasteiger partial charge in [-0.3, -0.25) is 0 Å². The Hall–Kier alpha value is -1.03. The van der Waals surface area contributed by atoms with E-state index in [0.717, 1.165) is 11.6 Å². The van der Waals surface area contributed by atoms with E-state index in [1.165, 1.54) is 0 Å². The first-order chi connectivity index (χ1) is 5.69. The van der Waals surface area contributed by atoms with Gasteiger partial charge in [0.2, 0.25) is 5.88 Å². The molecule has 1 heterocycles. The molecule has 0 unspecified atom stereocenters. The lowest BCUT2D eigenvalue weighted by atomic mass is 10.4. The van der Waals surface area contributed by atoms with E-state index in [1.807, 2.05) is 10.7 Å². The van der Waals surface area contributed by atoms with Crippen molar-refractivity contribution in [3.05, 3.63) is 11.8 Å². The average Bonchev–Trinajstić information content (AvgIpc) is 2.47. The van der Waals surface area contributed by atoms with Gasteiger partial charge in [0.05, 0.1) is 18.8 Å². The highest BCUT2D eigenvalue weighted by Crippen LogP contribution is 2.17. The molecule has 1 aromatic rings. The van der Waals surface area contributed by atoms with Gasteiger partial charge in [-0.25, -0.2) is 4.68 Å². The fourth-order valence-electron chi connectivity index (χ4n) is 1.05. The highest BCUT2D eigenvalue weighted by atomic mass is 16.5. The van der Waals surface area contributed by atoms with Crippen molar-refractivity contribution < 1.29 is 4.74 Å². The Labute approximate surface area is 72.3 Å². The maximum absolute atomic E-state index is 5.46. The summed E-state index contributed by atoms with van der Waals surface area (Å²) in [5, 5.41) is 4.27. The number of rotatable bonds is 3. The molecule has 1 rings (SSSR count). The number of ether oxygens (including phenoxy) is 1. The van der Waals surface area contributed by atoms with Gasteiger partial charge in [-0.1, -0.05) is 0 Å². The molecule has 0 aliphatic heterocycles. The van der Waals surface area contributed by atoms with Crippen LogP contribution >= 0.6 is 0 Å². The number of hydrogen-bond acceptors (Lipinski definition) is 3. The molecule has 68 valence electrons. The Morgan fingerprint density at radius 1 is 1.67 bits per heavy atom. The predicted octanol–water partition coefficient (Wildman–Crippen LogP) is 0.931. The Kier molecular flexibility index (Phi) is 2.70. The highest BCUT2D eigenvalue weighted by Gasteiger charge is 2.08. The quantitative estimate of drug-likeness (QED) is 0.732. The van der Waals surface area contributed by atoms with E-state index in [2.05, 4.69) is 18.9 Å². The van der Waals surface area contributed by atoms with Crippen LogP contribution in [0.1, 0.15) is 25.6 Å². The second-order valence-corrected chi connectivity index (χ2v) is 2.92. The summed E-state index contributed by atoms with van der Waals surface area (Å²) in [6.07, 6.45) is 0. The maximum atomic E-state index is 5.46. The lowest BCUT2D eigenvalue weighted by molar-refractivity contribution is 0.345. The summed E-state index contributed by atoms with van der Waals surface area (Å²) < 4.78 is 6.96.